The fraction of sp³-hybridized carbons (Fsp3) is 0.714. The Morgan fingerprint density at radius 2 is 1.90 bits per heavy atom. The lowest BCUT2D eigenvalue weighted by molar-refractivity contribution is -0.120. The Balaban J connectivity index is 2.18. The zero-order valence-electron chi connectivity index (χ0n) is 13.1. The third-order valence-electron chi connectivity index (χ3n) is 3.46. The van der Waals surface area contributed by atoms with Crippen molar-refractivity contribution >= 4 is 17.8 Å². The summed E-state index contributed by atoms with van der Waals surface area (Å²) in [6.45, 7) is 4.14. The minimum atomic E-state index is 0.00124. The van der Waals surface area contributed by atoms with Gasteiger partial charge in [0, 0.05) is 33.6 Å². The van der Waals surface area contributed by atoms with Crippen molar-refractivity contribution in [3.8, 4) is 0 Å². The SMILES string of the molecule is CCC(=O)NCc1nc(N(C)C)nc(N2CCCCC2)n1. The molecular formula is C14H24N6O. The number of nitrogens with one attached hydrogen (secondary N) is 1. The van der Waals surface area contributed by atoms with Gasteiger partial charge in [0.1, 0.15) is 0 Å². The number of piperidine rings is 1. The second kappa shape index (κ2) is 7.19. The first-order chi connectivity index (χ1) is 10.1. The maximum atomic E-state index is 11.4. The summed E-state index contributed by atoms with van der Waals surface area (Å²) in [4.78, 5) is 28.9. The van der Waals surface area contributed by atoms with Crippen LogP contribution < -0.4 is 15.1 Å². The van der Waals surface area contributed by atoms with Crippen LogP contribution in [0.2, 0.25) is 0 Å². The number of rotatable bonds is 5. The van der Waals surface area contributed by atoms with Crippen molar-refractivity contribution in [1.82, 2.24) is 20.3 Å². The number of amides is 1. The predicted octanol–water partition coefficient (Wildman–Crippen LogP) is 0.954. The molecule has 1 saturated heterocycles. The molecular weight excluding hydrogens is 268 g/mol. The normalized spacial score (nSPS) is 14.9. The fourth-order valence-corrected chi connectivity index (χ4v) is 2.21. The van der Waals surface area contributed by atoms with Crippen molar-refractivity contribution in [1.29, 1.82) is 0 Å². The zero-order valence-corrected chi connectivity index (χ0v) is 13.1. The Morgan fingerprint density at radius 3 is 2.52 bits per heavy atom. The summed E-state index contributed by atoms with van der Waals surface area (Å²) in [6, 6.07) is 0. The summed E-state index contributed by atoms with van der Waals surface area (Å²) in [7, 11) is 3.81. The molecule has 1 aromatic rings. The average molecular weight is 292 g/mol. The van der Waals surface area contributed by atoms with Gasteiger partial charge in [-0.15, -0.1) is 0 Å². The van der Waals surface area contributed by atoms with Crippen LogP contribution in [-0.4, -0.2) is 48.0 Å². The summed E-state index contributed by atoms with van der Waals surface area (Å²) in [6.07, 6.45) is 4.07. The summed E-state index contributed by atoms with van der Waals surface area (Å²) >= 11 is 0. The molecule has 1 fully saturated rings. The van der Waals surface area contributed by atoms with Crippen molar-refractivity contribution < 1.29 is 4.79 Å². The lowest BCUT2D eigenvalue weighted by Crippen LogP contribution is -2.32. The molecule has 21 heavy (non-hydrogen) atoms. The van der Waals surface area contributed by atoms with Crippen LogP contribution in [0.15, 0.2) is 0 Å². The Morgan fingerprint density at radius 1 is 1.19 bits per heavy atom. The Kier molecular flexibility index (Phi) is 5.30. The quantitative estimate of drug-likeness (QED) is 0.871. The van der Waals surface area contributed by atoms with Crippen molar-refractivity contribution in [2.75, 3.05) is 37.0 Å². The number of anilines is 2. The van der Waals surface area contributed by atoms with Gasteiger partial charge in [-0.05, 0) is 19.3 Å². The van der Waals surface area contributed by atoms with Gasteiger partial charge in [-0.2, -0.15) is 15.0 Å². The molecule has 1 N–H and O–H groups in total. The van der Waals surface area contributed by atoms with E-state index in [1.165, 1.54) is 19.3 Å². The van der Waals surface area contributed by atoms with Crippen LogP contribution >= 0.6 is 0 Å². The Labute approximate surface area is 125 Å². The van der Waals surface area contributed by atoms with E-state index in [1.807, 2.05) is 25.9 Å². The third-order valence-corrected chi connectivity index (χ3v) is 3.46. The third kappa shape index (κ3) is 4.27. The molecule has 1 aliphatic rings. The number of nitrogens with zero attached hydrogens (tertiary/aromatic N) is 5. The van der Waals surface area contributed by atoms with Crippen molar-refractivity contribution in [2.24, 2.45) is 0 Å². The van der Waals surface area contributed by atoms with Gasteiger partial charge in [-0.3, -0.25) is 4.79 Å². The molecule has 0 bridgehead atoms. The van der Waals surface area contributed by atoms with E-state index in [0.29, 0.717) is 30.7 Å². The maximum absolute atomic E-state index is 11.4. The molecule has 0 atom stereocenters. The minimum Gasteiger partial charge on any atom is -0.349 e. The molecule has 1 aliphatic heterocycles. The van der Waals surface area contributed by atoms with E-state index in [9.17, 15) is 4.79 Å². The van der Waals surface area contributed by atoms with Gasteiger partial charge >= 0.3 is 0 Å². The highest BCUT2D eigenvalue weighted by atomic mass is 16.1. The van der Waals surface area contributed by atoms with Crippen LogP contribution in [0, 0.1) is 0 Å². The number of carbonyl (C=O) groups excluding carboxylic acids is 1. The smallest absolute Gasteiger partial charge is 0.230 e. The van der Waals surface area contributed by atoms with Crippen molar-refractivity contribution in [3.63, 3.8) is 0 Å². The summed E-state index contributed by atoms with van der Waals surface area (Å²) in [5.74, 6) is 1.96. The lowest BCUT2D eigenvalue weighted by atomic mass is 10.1. The Bertz CT molecular complexity index is 484. The molecule has 0 aromatic carbocycles. The van der Waals surface area contributed by atoms with Gasteiger partial charge in [0.05, 0.1) is 6.54 Å². The Hall–Kier alpha value is -1.92. The first-order valence-electron chi connectivity index (χ1n) is 7.54. The summed E-state index contributed by atoms with van der Waals surface area (Å²) in [5, 5.41) is 2.82. The number of hydrogen-bond donors (Lipinski definition) is 1. The van der Waals surface area contributed by atoms with Crippen molar-refractivity contribution in [2.45, 2.75) is 39.2 Å². The molecule has 2 rings (SSSR count). The van der Waals surface area contributed by atoms with E-state index in [0.717, 1.165) is 13.1 Å². The summed E-state index contributed by atoms with van der Waals surface area (Å²) < 4.78 is 0. The highest BCUT2D eigenvalue weighted by Crippen LogP contribution is 2.17. The molecule has 0 unspecified atom stereocenters. The van der Waals surface area contributed by atoms with E-state index in [1.54, 1.807) is 0 Å². The van der Waals surface area contributed by atoms with E-state index >= 15 is 0 Å². The van der Waals surface area contributed by atoms with Crippen LogP contribution in [0.4, 0.5) is 11.9 Å². The van der Waals surface area contributed by atoms with E-state index in [4.69, 9.17) is 0 Å². The largest absolute Gasteiger partial charge is 0.349 e. The second-order valence-electron chi connectivity index (χ2n) is 5.42. The first kappa shape index (κ1) is 15.5. The van der Waals surface area contributed by atoms with E-state index in [2.05, 4.69) is 25.2 Å². The van der Waals surface area contributed by atoms with E-state index in [-0.39, 0.29) is 5.91 Å². The van der Waals surface area contributed by atoms with Gasteiger partial charge < -0.3 is 15.1 Å². The highest BCUT2D eigenvalue weighted by molar-refractivity contribution is 5.75. The molecule has 116 valence electrons. The van der Waals surface area contributed by atoms with Crippen LogP contribution in [0.3, 0.4) is 0 Å². The monoisotopic (exact) mass is 292 g/mol. The van der Waals surface area contributed by atoms with E-state index < -0.39 is 0 Å². The zero-order chi connectivity index (χ0) is 15.2. The highest BCUT2D eigenvalue weighted by Gasteiger charge is 2.17. The second-order valence-corrected chi connectivity index (χ2v) is 5.42. The maximum Gasteiger partial charge on any atom is 0.230 e. The molecule has 7 nitrogen and oxygen atoms in total. The molecule has 0 spiro atoms. The van der Waals surface area contributed by atoms with Crippen molar-refractivity contribution in [3.05, 3.63) is 5.82 Å². The molecule has 1 amide bonds. The first-order valence-corrected chi connectivity index (χ1v) is 7.54. The minimum absolute atomic E-state index is 0.00124. The van der Waals surface area contributed by atoms with Gasteiger partial charge in [0.2, 0.25) is 17.8 Å². The van der Waals surface area contributed by atoms with Gasteiger partial charge in [-0.1, -0.05) is 6.92 Å². The molecule has 0 aliphatic carbocycles. The predicted molar refractivity (Wildman–Crippen MR) is 82.4 cm³/mol. The van der Waals surface area contributed by atoms with Gasteiger partial charge in [0.15, 0.2) is 5.82 Å². The van der Waals surface area contributed by atoms with Crippen LogP contribution in [0.25, 0.3) is 0 Å². The standard InChI is InChI=1S/C14H24N6O/c1-4-12(21)15-10-11-16-13(19(2)3)18-14(17-11)20-8-6-5-7-9-20/h4-10H2,1-3H3,(H,15,21). The summed E-state index contributed by atoms with van der Waals surface area (Å²) in [5.41, 5.74) is 0. The molecule has 7 heteroatoms. The molecule has 2 heterocycles. The fourth-order valence-electron chi connectivity index (χ4n) is 2.21. The average Bonchev–Trinajstić information content (AvgIpc) is 2.53. The van der Waals surface area contributed by atoms with Crippen LogP contribution in [0.5, 0.6) is 0 Å². The molecule has 1 aromatic heterocycles. The lowest BCUT2D eigenvalue weighted by Gasteiger charge is -2.27. The van der Waals surface area contributed by atoms with Gasteiger partial charge in [-0.25, -0.2) is 0 Å². The van der Waals surface area contributed by atoms with Crippen LogP contribution in [0.1, 0.15) is 38.4 Å². The number of aromatic nitrogens is 3. The molecule has 0 radical (unpaired) electrons. The topological polar surface area (TPSA) is 74.2 Å². The number of hydrogen-bond acceptors (Lipinski definition) is 6. The van der Waals surface area contributed by atoms with Gasteiger partial charge in [0.25, 0.3) is 0 Å². The number of carbonyl (C=O) groups is 1. The van der Waals surface area contributed by atoms with Crippen LogP contribution in [-0.2, 0) is 11.3 Å². The molecule has 0 saturated carbocycles.